The Bertz CT molecular complexity index is 1850. The molecule has 0 aliphatic heterocycles. The second-order valence-corrected chi connectivity index (χ2v) is 8.96. The van der Waals surface area contributed by atoms with Crippen LogP contribution in [0.2, 0.25) is 0 Å². The lowest BCUT2D eigenvalue weighted by molar-refractivity contribution is -0.187. The summed E-state index contributed by atoms with van der Waals surface area (Å²) in [5.41, 5.74) is -5.52. The molecule has 0 fully saturated rings. The third kappa shape index (κ3) is 7.68. The largest absolute Gasteiger partial charge is 0.494 e. The van der Waals surface area contributed by atoms with Crippen LogP contribution in [0.15, 0.2) is 60.7 Å². The first-order valence-corrected chi connectivity index (χ1v) is 12.5. The van der Waals surface area contributed by atoms with Gasteiger partial charge in [-0.1, -0.05) is 23.7 Å². The van der Waals surface area contributed by atoms with Gasteiger partial charge in [-0.05, 0) is 49.4 Å². The molecule has 0 unspecified atom stereocenters. The molecule has 0 spiro atoms. The Morgan fingerprint density at radius 2 is 1.16 bits per heavy atom. The van der Waals surface area contributed by atoms with Crippen molar-refractivity contribution in [2.45, 2.75) is 19.2 Å². The van der Waals surface area contributed by atoms with E-state index in [0.29, 0.717) is 18.7 Å². The summed E-state index contributed by atoms with van der Waals surface area (Å²) >= 11 is 0. The van der Waals surface area contributed by atoms with Crippen LogP contribution >= 0.6 is 0 Å². The maximum Gasteiger partial charge on any atom is 0.429 e. The molecule has 45 heavy (non-hydrogen) atoms. The lowest BCUT2D eigenvalue weighted by Crippen LogP contribution is -2.23. The standard InChI is InChI=1S/C32H15F11O2/c1-2-44-20-8-7-19(24(33)14-20)6-3-17-5-10-23(27(36)11-17)32(42,43)45-21-15-25(34)22(26(35)16-21)9-4-18-12-28(37)30(29(38)13-18)31(39,40)41/h5,7-8,10-16H,2H2,1H3. The molecule has 0 aliphatic rings. The summed E-state index contributed by atoms with van der Waals surface area (Å²) in [6, 6.07) is 6.93. The van der Waals surface area contributed by atoms with Gasteiger partial charge in [-0.2, -0.15) is 22.0 Å². The summed E-state index contributed by atoms with van der Waals surface area (Å²) in [7, 11) is 0. The Morgan fingerprint density at radius 3 is 1.71 bits per heavy atom. The lowest BCUT2D eigenvalue weighted by atomic mass is 10.1. The molecule has 0 saturated heterocycles. The molecule has 0 saturated carbocycles. The summed E-state index contributed by atoms with van der Waals surface area (Å²) in [5, 5.41) is 0. The monoisotopic (exact) mass is 640 g/mol. The van der Waals surface area contributed by atoms with Crippen LogP contribution in [0.1, 0.15) is 40.3 Å². The molecule has 4 aromatic rings. The number of hydrogen-bond acceptors (Lipinski definition) is 2. The summed E-state index contributed by atoms with van der Waals surface area (Å²) in [6.45, 7) is 2.00. The molecule has 0 bridgehead atoms. The minimum absolute atomic E-state index is 0.0764. The van der Waals surface area contributed by atoms with Gasteiger partial charge in [0.25, 0.3) is 0 Å². The number of halogens is 11. The maximum atomic E-state index is 14.8. The predicted octanol–water partition coefficient (Wildman–Crippen LogP) is 8.87. The van der Waals surface area contributed by atoms with Crippen LogP contribution in [0.4, 0.5) is 48.3 Å². The predicted molar refractivity (Wildman–Crippen MR) is 138 cm³/mol. The fourth-order valence-corrected chi connectivity index (χ4v) is 3.80. The van der Waals surface area contributed by atoms with Crippen LogP contribution in [-0.4, -0.2) is 6.61 Å². The topological polar surface area (TPSA) is 18.5 Å². The smallest absolute Gasteiger partial charge is 0.429 e. The lowest BCUT2D eigenvalue weighted by Gasteiger charge is -2.19. The van der Waals surface area contributed by atoms with E-state index in [-0.39, 0.29) is 41.1 Å². The number of benzene rings is 4. The van der Waals surface area contributed by atoms with E-state index in [9.17, 15) is 48.3 Å². The van der Waals surface area contributed by atoms with E-state index in [1.165, 1.54) is 12.1 Å². The molecule has 0 atom stereocenters. The molecule has 232 valence electrons. The average molecular weight is 640 g/mol. The van der Waals surface area contributed by atoms with Gasteiger partial charge in [-0.15, -0.1) is 0 Å². The van der Waals surface area contributed by atoms with Crippen LogP contribution in [0.3, 0.4) is 0 Å². The molecule has 13 heteroatoms. The van der Waals surface area contributed by atoms with Crippen LogP contribution in [0, 0.1) is 58.6 Å². The van der Waals surface area contributed by atoms with E-state index in [1.54, 1.807) is 6.92 Å². The summed E-state index contributed by atoms with van der Waals surface area (Å²) in [4.78, 5) is 0. The van der Waals surface area contributed by atoms with E-state index in [0.717, 1.165) is 12.1 Å². The molecule has 0 N–H and O–H groups in total. The third-order valence-electron chi connectivity index (χ3n) is 5.79. The van der Waals surface area contributed by atoms with E-state index >= 15 is 0 Å². The first-order valence-electron chi connectivity index (χ1n) is 12.5. The zero-order valence-corrected chi connectivity index (χ0v) is 22.5. The van der Waals surface area contributed by atoms with Crippen molar-refractivity contribution in [2.75, 3.05) is 6.61 Å². The Kier molecular flexibility index (Phi) is 9.33. The van der Waals surface area contributed by atoms with Crippen molar-refractivity contribution in [3.05, 3.63) is 129 Å². The molecule has 4 aromatic carbocycles. The highest BCUT2D eigenvalue weighted by atomic mass is 19.4. The maximum absolute atomic E-state index is 14.8. The van der Waals surface area contributed by atoms with Gasteiger partial charge in [0.1, 0.15) is 57.5 Å². The normalized spacial score (nSPS) is 11.3. The molecular formula is C32H15F11O2. The van der Waals surface area contributed by atoms with Crippen molar-refractivity contribution in [1.29, 1.82) is 0 Å². The Hall–Kier alpha value is -5.17. The van der Waals surface area contributed by atoms with Crippen molar-refractivity contribution >= 4 is 0 Å². The van der Waals surface area contributed by atoms with Gasteiger partial charge < -0.3 is 9.47 Å². The summed E-state index contributed by atoms with van der Waals surface area (Å²) in [5.74, 6) is -1.75. The van der Waals surface area contributed by atoms with Gasteiger partial charge >= 0.3 is 12.3 Å². The molecule has 4 rings (SSSR count). The van der Waals surface area contributed by atoms with Crippen LogP contribution in [-0.2, 0) is 12.3 Å². The second-order valence-electron chi connectivity index (χ2n) is 8.96. The number of rotatable bonds is 5. The molecule has 2 nitrogen and oxygen atoms in total. The van der Waals surface area contributed by atoms with Gasteiger partial charge in [-0.25, -0.2) is 26.3 Å². The highest BCUT2D eigenvalue weighted by Gasteiger charge is 2.39. The molecule has 0 radical (unpaired) electrons. The second kappa shape index (κ2) is 12.8. The molecule has 0 aromatic heterocycles. The van der Waals surface area contributed by atoms with Gasteiger partial charge in [0.15, 0.2) is 0 Å². The highest BCUT2D eigenvalue weighted by Crippen LogP contribution is 2.36. The SMILES string of the molecule is CCOc1ccc(C#Cc2ccc(C(F)(F)Oc3cc(F)c(C#Cc4cc(F)c(C(F)(F)F)c(F)c4)c(F)c3)c(F)c2)c(F)c1. The van der Waals surface area contributed by atoms with Gasteiger partial charge in [0.2, 0.25) is 0 Å². The first kappa shape index (κ1) is 32.7. The van der Waals surface area contributed by atoms with E-state index < -0.39 is 75.2 Å². The average Bonchev–Trinajstić information content (AvgIpc) is 2.91. The first-order chi connectivity index (χ1) is 21.1. The molecular weight excluding hydrogens is 625 g/mol. The summed E-state index contributed by atoms with van der Waals surface area (Å²) in [6.07, 6.45) is -9.83. The van der Waals surface area contributed by atoms with Gasteiger partial charge in [-0.3, -0.25) is 0 Å². The van der Waals surface area contributed by atoms with Crippen LogP contribution in [0.5, 0.6) is 11.5 Å². The van der Waals surface area contributed by atoms with Crippen molar-refractivity contribution in [3.63, 3.8) is 0 Å². The minimum Gasteiger partial charge on any atom is -0.494 e. The zero-order valence-electron chi connectivity index (χ0n) is 22.5. The summed E-state index contributed by atoms with van der Waals surface area (Å²) < 4.78 is 163. The molecule has 0 aliphatic carbocycles. The van der Waals surface area contributed by atoms with E-state index in [4.69, 9.17) is 4.74 Å². The van der Waals surface area contributed by atoms with Gasteiger partial charge in [0, 0.05) is 29.3 Å². The fourth-order valence-electron chi connectivity index (χ4n) is 3.80. The number of hydrogen-bond donors (Lipinski definition) is 0. The molecule has 0 heterocycles. The third-order valence-corrected chi connectivity index (χ3v) is 5.79. The quantitative estimate of drug-likeness (QED) is 0.160. The van der Waals surface area contributed by atoms with Crippen molar-refractivity contribution in [2.24, 2.45) is 0 Å². The molecule has 0 amide bonds. The van der Waals surface area contributed by atoms with Crippen molar-refractivity contribution in [3.8, 4) is 35.2 Å². The van der Waals surface area contributed by atoms with Crippen LogP contribution < -0.4 is 9.47 Å². The van der Waals surface area contributed by atoms with Crippen molar-refractivity contribution < 1.29 is 57.8 Å². The van der Waals surface area contributed by atoms with E-state index in [1.807, 2.05) is 11.8 Å². The highest BCUT2D eigenvalue weighted by molar-refractivity contribution is 5.48. The minimum atomic E-state index is -5.35. The Balaban J connectivity index is 1.54. The Morgan fingerprint density at radius 1 is 0.578 bits per heavy atom. The number of ether oxygens (including phenoxy) is 2. The zero-order chi connectivity index (χ0) is 33.1. The fraction of sp³-hybridized carbons (Fsp3) is 0.125. The number of alkyl halides is 5. The Labute approximate surface area is 248 Å². The van der Waals surface area contributed by atoms with Crippen molar-refractivity contribution in [1.82, 2.24) is 0 Å². The van der Waals surface area contributed by atoms with Crippen LogP contribution in [0.25, 0.3) is 0 Å². The van der Waals surface area contributed by atoms with Gasteiger partial charge in [0.05, 0.1) is 17.7 Å². The van der Waals surface area contributed by atoms with E-state index in [2.05, 4.69) is 16.6 Å².